The minimum absolute atomic E-state index is 0.161. The average molecular weight is 328 g/mol. The molecule has 6 heteroatoms. The van der Waals surface area contributed by atoms with Gasteiger partial charge in [-0.1, -0.05) is 11.2 Å². The Morgan fingerprint density at radius 2 is 2.17 bits per heavy atom. The highest BCUT2D eigenvalue weighted by atomic mass is 16.5. The molecule has 0 spiro atoms. The molecule has 0 amide bonds. The maximum atomic E-state index is 6.07. The van der Waals surface area contributed by atoms with Gasteiger partial charge in [-0.2, -0.15) is 4.98 Å². The van der Waals surface area contributed by atoms with Crippen molar-refractivity contribution in [3.05, 3.63) is 30.1 Å². The molecule has 1 unspecified atom stereocenters. The van der Waals surface area contributed by atoms with Crippen molar-refractivity contribution in [2.45, 2.75) is 37.8 Å². The molecule has 128 valence electrons. The van der Waals surface area contributed by atoms with E-state index in [1.165, 1.54) is 12.8 Å². The van der Waals surface area contributed by atoms with Gasteiger partial charge in [-0.15, -0.1) is 0 Å². The number of nitrogens with one attached hydrogen (secondary N) is 1. The Hall–Kier alpha value is -1.92. The predicted molar refractivity (Wildman–Crippen MR) is 90.9 cm³/mol. The summed E-state index contributed by atoms with van der Waals surface area (Å²) in [5, 5.41) is 7.57. The van der Waals surface area contributed by atoms with Crippen LogP contribution in [0.5, 0.6) is 5.75 Å². The third-order valence-electron chi connectivity index (χ3n) is 4.94. The highest BCUT2D eigenvalue weighted by Gasteiger charge is 2.25. The zero-order valence-corrected chi connectivity index (χ0v) is 14.1. The molecule has 4 rings (SSSR count). The lowest BCUT2D eigenvalue weighted by atomic mass is 10.2. The average Bonchev–Trinajstić information content (AvgIpc) is 3.27. The molecule has 0 bridgehead atoms. The van der Waals surface area contributed by atoms with Gasteiger partial charge in [0.25, 0.3) is 5.89 Å². The number of nitrogens with zero attached hydrogens (tertiary/aromatic N) is 3. The molecule has 0 radical (unpaired) electrons. The lowest BCUT2D eigenvalue weighted by Gasteiger charge is -2.30. The quantitative estimate of drug-likeness (QED) is 0.931. The maximum absolute atomic E-state index is 6.07. The molecule has 24 heavy (non-hydrogen) atoms. The summed E-state index contributed by atoms with van der Waals surface area (Å²) in [5.74, 6) is 2.18. The predicted octanol–water partition coefficient (Wildman–Crippen LogP) is 2.63. The monoisotopic (exact) mass is 328 g/mol. The second-order valence-electron chi connectivity index (χ2n) is 6.71. The number of benzene rings is 1. The van der Waals surface area contributed by atoms with Gasteiger partial charge in [-0.05, 0) is 50.9 Å². The molecule has 2 heterocycles. The van der Waals surface area contributed by atoms with Crippen LogP contribution in [-0.2, 0) is 0 Å². The van der Waals surface area contributed by atoms with Crippen molar-refractivity contribution in [3.8, 4) is 17.2 Å². The first-order chi connectivity index (χ1) is 11.8. The normalized spacial score (nSPS) is 22.8. The molecule has 1 atom stereocenters. The zero-order chi connectivity index (χ0) is 16.4. The number of likely N-dealkylation sites (N-methyl/N-ethyl adjacent to an activating group) is 1. The van der Waals surface area contributed by atoms with E-state index >= 15 is 0 Å². The summed E-state index contributed by atoms with van der Waals surface area (Å²) in [6.45, 7) is 2.83. The van der Waals surface area contributed by atoms with Crippen LogP contribution in [0.15, 0.2) is 28.8 Å². The lowest BCUT2D eigenvalue weighted by molar-refractivity contribution is 0.190. The molecule has 1 N–H and O–H groups in total. The summed E-state index contributed by atoms with van der Waals surface area (Å²) in [7, 11) is 2.09. The number of hydrogen-bond donors (Lipinski definition) is 1. The molecule has 2 fully saturated rings. The molecule has 1 aromatic heterocycles. The van der Waals surface area contributed by atoms with E-state index in [0.717, 1.165) is 49.6 Å². The Labute approximate surface area is 142 Å². The summed E-state index contributed by atoms with van der Waals surface area (Å²) < 4.78 is 11.6. The van der Waals surface area contributed by atoms with E-state index in [4.69, 9.17) is 9.26 Å². The summed E-state index contributed by atoms with van der Waals surface area (Å²) >= 11 is 0. The number of rotatable bonds is 4. The third-order valence-corrected chi connectivity index (χ3v) is 4.94. The first-order valence-corrected chi connectivity index (χ1v) is 8.81. The first-order valence-electron chi connectivity index (χ1n) is 8.81. The molecule has 1 saturated carbocycles. The third kappa shape index (κ3) is 3.30. The van der Waals surface area contributed by atoms with Crippen LogP contribution in [0.1, 0.15) is 37.5 Å². The van der Waals surface area contributed by atoms with Crippen LogP contribution in [0, 0.1) is 0 Å². The van der Waals surface area contributed by atoms with Crippen LogP contribution < -0.4 is 10.1 Å². The largest absolute Gasteiger partial charge is 0.490 e. The van der Waals surface area contributed by atoms with Gasteiger partial charge >= 0.3 is 0 Å². The molecular weight excluding hydrogens is 304 g/mol. The van der Waals surface area contributed by atoms with Gasteiger partial charge in [0.2, 0.25) is 0 Å². The van der Waals surface area contributed by atoms with E-state index in [-0.39, 0.29) is 6.04 Å². The molecule has 1 saturated heterocycles. The standard InChI is InChI=1S/C18H24N4O2/c1-22-10-9-19-12-16(22)17-20-18(24-21-17)13-5-4-8-15(11-13)23-14-6-2-3-7-14/h4-5,8,11,14,16,19H,2-3,6-7,9-10,12H2,1H3. The fourth-order valence-corrected chi connectivity index (χ4v) is 3.48. The van der Waals surface area contributed by atoms with E-state index in [9.17, 15) is 0 Å². The lowest BCUT2D eigenvalue weighted by Crippen LogP contribution is -2.44. The number of hydrogen-bond acceptors (Lipinski definition) is 6. The SMILES string of the molecule is CN1CCNCC1c1noc(-c2cccc(OC3CCCC3)c2)n1. The highest BCUT2D eigenvalue weighted by Crippen LogP contribution is 2.28. The van der Waals surface area contributed by atoms with Crippen molar-refractivity contribution >= 4 is 0 Å². The van der Waals surface area contributed by atoms with Gasteiger partial charge in [-0.3, -0.25) is 4.90 Å². The van der Waals surface area contributed by atoms with E-state index < -0.39 is 0 Å². The minimum atomic E-state index is 0.161. The topological polar surface area (TPSA) is 63.4 Å². The van der Waals surface area contributed by atoms with Crippen LogP contribution in [0.25, 0.3) is 11.5 Å². The van der Waals surface area contributed by atoms with Gasteiger partial charge < -0.3 is 14.6 Å². The number of piperazine rings is 1. The Bertz CT molecular complexity index is 681. The molecule has 1 aliphatic carbocycles. The molecule has 6 nitrogen and oxygen atoms in total. The first kappa shape index (κ1) is 15.6. The highest BCUT2D eigenvalue weighted by molar-refractivity contribution is 5.55. The van der Waals surface area contributed by atoms with Crippen molar-refractivity contribution in [2.24, 2.45) is 0 Å². The minimum Gasteiger partial charge on any atom is -0.490 e. The zero-order valence-electron chi connectivity index (χ0n) is 14.1. The van der Waals surface area contributed by atoms with Gasteiger partial charge in [-0.25, -0.2) is 0 Å². The van der Waals surface area contributed by atoms with Crippen LogP contribution in [0.2, 0.25) is 0 Å². The van der Waals surface area contributed by atoms with Crippen LogP contribution in [0.4, 0.5) is 0 Å². The van der Waals surface area contributed by atoms with E-state index in [2.05, 4.69) is 27.4 Å². The van der Waals surface area contributed by atoms with Crippen molar-refractivity contribution in [2.75, 3.05) is 26.7 Å². The molecule has 1 aromatic carbocycles. The molecule has 2 aliphatic rings. The van der Waals surface area contributed by atoms with Crippen molar-refractivity contribution in [1.29, 1.82) is 0 Å². The van der Waals surface area contributed by atoms with Crippen molar-refractivity contribution in [3.63, 3.8) is 0 Å². The summed E-state index contributed by atoms with van der Waals surface area (Å²) in [5.41, 5.74) is 0.913. The summed E-state index contributed by atoms with van der Waals surface area (Å²) in [6.07, 6.45) is 5.17. The van der Waals surface area contributed by atoms with Crippen LogP contribution >= 0.6 is 0 Å². The van der Waals surface area contributed by atoms with Gasteiger partial charge in [0.1, 0.15) is 5.75 Å². The second kappa shape index (κ2) is 6.91. The fraction of sp³-hybridized carbons (Fsp3) is 0.556. The van der Waals surface area contributed by atoms with Crippen LogP contribution in [-0.4, -0.2) is 47.8 Å². The smallest absolute Gasteiger partial charge is 0.258 e. The van der Waals surface area contributed by atoms with E-state index in [1.54, 1.807) is 0 Å². The maximum Gasteiger partial charge on any atom is 0.258 e. The fourth-order valence-electron chi connectivity index (χ4n) is 3.48. The molecule has 1 aliphatic heterocycles. The van der Waals surface area contributed by atoms with Crippen molar-refractivity contribution < 1.29 is 9.26 Å². The second-order valence-corrected chi connectivity index (χ2v) is 6.71. The van der Waals surface area contributed by atoms with Crippen molar-refractivity contribution in [1.82, 2.24) is 20.4 Å². The van der Waals surface area contributed by atoms with E-state index in [0.29, 0.717) is 12.0 Å². The van der Waals surface area contributed by atoms with Crippen LogP contribution in [0.3, 0.4) is 0 Å². The molecular formula is C18H24N4O2. The Morgan fingerprint density at radius 3 is 3.00 bits per heavy atom. The number of ether oxygens (including phenoxy) is 1. The van der Waals surface area contributed by atoms with Gasteiger partial charge in [0.15, 0.2) is 5.82 Å². The van der Waals surface area contributed by atoms with Gasteiger partial charge in [0.05, 0.1) is 12.1 Å². The van der Waals surface area contributed by atoms with Gasteiger partial charge in [0, 0.05) is 25.2 Å². The number of aromatic nitrogens is 2. The summed E-state index contributed by atoms with van der Waals surface area (Å²) in [4.78, 5) is 6.87. The Kier molecular flexibility index (Phi) is 4.49. The van der Waals surface area contributed by atoms with E-state index in [1.807, 2.05) is 24.3 Å². The Morgan fingerprint density at radius 1 is 1.29 bits per heavy atom. The Balaban J connectivity index is 1.51. The molecule has 2 aromatic rings. The summed E-state index contributed by atoms with van der Waals surface area (Å²) in [6, 6.07) is 8.13.